The first kappa shape index (κ1) is 17.3. The third kappa shape index (κ3) is 4.65. The van der Waals surface area contributed by atoms with Crippen LogP contribution in [0.3, 0.4) is 0 Å². The van der Waals surface area contributed by atoms with E-state index < -0.39 is 18.5 Å². The Bertz CT molecular complexity index is 536. The van der Waals surface area contributed by atoms with Gasteiger partial charge in [-0.15, -0.1) is 0 Å². The van der Waals surface area contributed by atoms with Crippen LogP contribution in [0.25, 0.3) is 0 Å². The summed E-state index contributed by atoms with van der Waals surface area (Å²) < 4.78 is 15.0. The summed E-state index contributed by atoms with van der Waals surface area (Å²) in [5, 5.41) is 4.65. The number of rotatable bonds is 7. The van der Waals surface area contributed by atoms with Gasteiger partial charge in [0.25, 0.3) is 5.91 Å². The second-order valence-electron chi connectivity index (χ2n) is 4.06. The average molecular weight is 310 g/mol. The number of hydrogen-bond donors (Lipinski definition) is 2. The smallest absolute Gasteiger partial charge is 0.346 e. The summed E-state index contributed by atoms with van der Waals surface area (Å²) in [6, 6.07) is 4.81. The lowest BCUT2D eigenvalue weighted by molar-refractivity contribution is -0.127. The maximum Gasteiger partial charge on any atom is 0.346 e. The van der Waals surface area contributed by atoms with Gasteiger partial charge in [-0.2, -0.15) is 0 Å². The number of nitrogens with one attached hydrogen (secondary N) is 2. The Balaban J connectivity index is 2.66. The van der Waals surface area contributed by atoms with Crippen molar-refractivity contribution in [1.29, 1.82) is 0 Å². The zero-order chi connectivity index (χ0) is 16.5. The Hall–Kier alpha value is -2.77. The standard InChI is InChI=1S/C14H18N2O6/c1-15-11(17)7-16-12(18)8-22-14(19)13-9(20-2)5-4-6-10(13)21-3/h4-6H,7-8H2,1-3H3,(H,15,17)(H,16,18). The highest BCUT2D eigenvalue weighted by Gasteiger charge is 2.20. The molecule has 0 aliphatic rings. The number of methoxy groups -OCH3 is 2. The van der Waals surface area contributed by atoms with E-state index in [0.29, 0.717) is 0 Å². The van der Waals surface area contributed by atoms with Crippen LogP contribution in [0.1, 0.15) is 10.4 Å². The van der Waals surface area contributed by atoms with Gasteiger partial charge in [0.05, 0.1) is 20.8 Å². The summed E-state index contributed by atoms with van der Waals surface area (Å²) in [7, 11) is 4.26. The summed E-state index contributed by atoms with van der Waals surface area (Å²) in [5.74, 6) is -1.16. The van der Waals surface area contributed by atoms with Crippen molar-refractivity contribution in [1.82, 2.24) is 10.6 Å². The molecule has 1 aromatic rings. The third-order valence-electron chi connectivity index (χ3n) is 2.69. The number of carbonyl (C=O) groups is 3. The second-order valence-corrected chi connectivity index (χ2v) is 4.06. The largest absolute Gasteiger partial charge is 0.496 e. The molecule has 0 saturated carbocycles. The number of benzene rings is 1. The first-order valence-electron chi connectivity index (χ1n) is 6.38. The Labute approximate surface area is 127 Å². The molecule has 1 aromatic carbocycles. The Morgan fingerprint density at radius 2 is 1.64 bits per heavy atom. The molecule has 0 heterocycles. The fourth-order valence-corrected chi connectivity index (χ4v) is 1.57. The van der Waals surface area contributed by atoms with Crippen LogP contribution in [-0.2, 0) is 14.3 Å². The molecule has 2 N–H and O–H groups in total. The normalized spacial score (nSPS) is 9.59. The molecule has 8 nitrogen and oxygen atoms in total. The predicted octanol–water partition coefficient (Wildman–Crippen LogP) is -0.277. The minimum atomic E-state index is -0.760. The highest BCUT2D eigenvalue weighted by Crippen LogP contribution is 2.28. The molecule has 0 aromatic heterocycles. The van der Waals surface area contributed by atoms with Crippen LogP contribution in [-0.4, -0.2) is 52.2 Å². The summed E-state index contributed by atoms with van der Waals surface area (Å²) in [5.41, 5.74) is 0.0894. The van der Waals surface area contributed by atoms with Crippen molar-refractivity contribution in [3.05, 3.63) is 23.8 Å². The lowest BCUT2D eigenvalue weighted by Gasteiger charge is -2.12. The van der Waals surface area contributed by atoms with Gasteiger partial charge >= 0.3 is 5.97 Å². The Kier molecular flexibility index (Phi) is 6.68. The van der Waals surface area contributed by atoms with Crippen molar-refractivity contribution in [3.8, 4) is 11.5 Å². The quantitative estimate of drug-likeness (QED) is 0.672. The van der Waals surface area contributed by atoms with Gasteiger partial charge in [0, 0.05) is 7.05 Å². The predicted molar refractivity (Wildman–Crippen MR) is 76.9 cm³/mol. The van der Waals surface area contributed by atoms with E-state index in [9.17, 15) is 14.4 Å². The minimum absolute atomic E-state index is 0.0894. The van der Waals surface area contributed by atoms with Crippen LogP contribution >= 0.6 is 0 Å². The second kappa shape index (κ2) is 8.50. The van der Waals surface area contributed by atoms with Crippen molar-refractivity contribution in [2.45, 2.75) is 0 Å². The number of amides is 2. The van der Waals surface area contributed by atoms with E-state index in [1.165, 1.54) is 21.3 Å². The molecule has 1 rings (SSSR count). The van der Waals surface area contributed by atoms with Crippen molar-refractivity contribution >= 4 is 17.8 Å². The van der Waals surface area contributed by atoms with Crippen LogP contribution in [0, 0.1) is 0 Å². The maximum absolute atomic E-state index is 12.1. The Morgan fingerprint density at radius 1 is 1.05 bits per heavy atom. The maximum atomic E-state index is 12.1. The molecule has 120 valence electrons. The van der Waals surface area contributed by atoms with Gasteiger partial charge in [0.15, 0.2) is 6.61 Å². The van der Waals surface area contributed by atoms with E-state index in [4.69, 9.17) is 14.2 Å². The van der Waals surface area contributed by atoms with Crippen molar-refractivity contribution < 1.29 is 28.6 Å². The first-order valence-corrected chi connectivity index (χ1v) is 6.38. The molecule has 0 radical (unpaired) electrons. The minimum Gasteiger partial charge on any atom is -0.496 e. The highest BCUT2D eigenvalue weighted by atomic mass is 16.5. The number of esters is 1. The number of ether oxygens (including phenoxy) is 3. The number of likely N-dealkylation sites (N-methyl/N-ethyl adjacent to an activating group) is 1. The fraction of sp³-hybridized carbons (Fsp3) is 0.357. The monoisotopic (exact) mass is 310 g/mol. The van der Waals surface area contributed by atoms with E-state index >= 15 is 0 Å². The summed E-state index contributed by atoms with van der Waals surface area (Å²) in [4.78, 5) is 34.5. The molecule has 0 fully saturated rings. The van der Waals surface area contributed by atoms with Gasteiger partial charge in [-0.3, -0.25) is 9.59 Å². The lowest BCUT2D eigenvalue weighted by atomic mass is 10.2. The molecule has 0 unspecified atom stereocenters. The van der Waals surface area contributed by atoms with Gasteiger partial charge in [-0.25, -0.2) is 4.79 Å². The van der Waals surface area contributed by atoms with E-state index in [2.05, 4.69) is 10.6 Å². The van der Waals surface area contributed by atoms with Crippen molar-refractivity contribution in [3.63, 3.8) is 0 Å². The molecule has 0 bridgehead atoms. The molecular formula is C14H18N2O6. The molecule has 2 amide bonds. The van der Waals surface area contributed by atoms with Crippen LogP contribution in [0.2, 0.25) is 0 Å². The topological polar surface area (TPSA) is 103 Å². The third-order valence-corrected chi connectivity index (χ3v) is 2.69. The van der Waals surface area contributed by atoms with E-state index in [1.807, 2.05) is 0 Å². The molecule has 0 atom stereocenters. The summed E-state index contributed by atoms with van der Waals surface area (Å²) in [6.07, 6.45) is 0. The zero-order valence-corrected chi connectivity index (χ0v) is 12.6. The van der Waals surface area contributed by atoms with Gasteiger partial charge in [0.1, 0.15) is 17.1 Å². The molecule has 22 heavy (non-hydrogen) atoms. The van der Waals surface area contributed by atoms with Gasteiger partial charge in [-0.1, -0.05) is 6.07 Å². The van der Waals surface area contributed by atoms with Crippen LogP contribution in [0.4, 0.5) is 0 Å². The molecule has 0 saturated heterocycles. The average Bonchev–Trinajstić information content (AvgIpc) is 2.56. The molecule has 0 spiro atoms. The fourth-order valence-electron chi connectivity index (χ4n) is 1.57. The van der Waals surface area contributed by atoms with E-state index in [0.717, 1.165) is 0 Å². The SMILES string of the molecule is CNC(=O)CNC(=O)COC(=O)c1c(OC)cccc1OC. The number of carbonyl (C=O) groups excluding carboxylic acids is 3. The van der Waals surface area contributed by atoms with E-state index in [1.54, 1.807) is 18.2 Å². The van der Waals surface area contributed by atoms with E-state index in [-0.39, 0.29) is 29.5 Å². The summed E-state index contributed by atoms with van der Waals surface area (Å²) in [6.45, 7) is -0.706. The zero-order valence-electron chi connectivity index (χ0n) is 12.6. The molecular weight excluding hydrogens is 292 g/mol. The first-order chi connectivity index (χ1) is 10.5. The highest BCUT2D eigenvalue weighted by molar-refractivity contribution is 5.97. The Morgan fingerprint density at radius 3 is 2.14 bits per heavy atom. The molecule has 0 aliphatic heterocycles. The summed E-state index contributed by atoms with van der Waals surface area (Å²) >= 11 is 0. The molecule has 8 heteroatoms. The van der Waals surface area contributed by atoms with Crippen LogP contribution in [0.15, 0.2) is 18.2 Å². The molecule has 0 aliphatic carbocycles. The lowest BCUT2D eigenvalue weighted by Crippen LogP contribution is -2.37. The van der Waals surface area contributed by atoms with Crippen LogP contribution < -0.4 is 20.1 Å². The van der Waals surface area contributed by atoms with Gasteiger partial charge in [0.2, 0.25) is 5.91 Å². The van der Waals surface area contributed by atoms with Crippen molar-refractivity contribution in [2.24, 2.45) is 0 Å². The van der Waals surface area contributed by atoms with Crippen molar-refractivity contribution in [2.75, 3.05) is 34.4 Å². The van der Waals surface area contributed by atoms with Gasteiger partial charge < -0.3 is 24.8 Å². The van der Waals surface area contributed by atoms with Crippen LogP contribution in [0.5, 0.6) is 11.5 Å². The number of hydrogen-bond acceptors (Lipinski definition) is 6. The van der Waals surface area contributed by atoms with Gasteiger partial charge in [-0.05, 0) is 12.1 Å².